The number of benzene rings is 2. The first-order valence-corrected chi connectivity index (χ1v) is 10.0. The molecular weight excluding hydrogens is 404 g/mol. The standard InChI is InChI=1S/C22H23ClN4OS/c1-14-20(15(2)27(3)26-14)12-16-6-10-19(11-7-16)24-22(29)25-21(28)13-17-4-8-18(23)9-5-17/h4-11H,12-13H2,1-3H3,(H2,24,25,28,29). The second-order valence-corrected chi connectivity index (χ2v) is 7.80. The molecule has 5 nitrogen and oxygen atoms in total. The molecule has 0 aliphatic heterocycles. The lowest BCUT2D eigenvalue weighted by Crippen LogP contribution is -2.35. The molecule has 0 atom stereocenters. The van der Waals surface area contributed by atoms with Crippen LogP contribution >= 0.6 is 23.8 Å². The molecule has 3 aromatic rings. The predicted molar refractivity (Wildman–Crippen MR) is 121 cm³/mol. The number of carbonyl (C=O) groups excluding carboxylic acids is 1. The third-order valence-electron chi connectivity index (χ3n) is 4.78. The van der Waals surface area contributed by atoms with Crippen molar-refractivity contribution in [1.29, 1.82) is 0 Å². The van der Waals surface area contributed by atoms with Crippen LogP contribution in [-0.2, 0) is 24.7 Å². The summed E-state index contributed by atoms with van der Waals surface area (Å²) in [6.45, 7) is 4.11. The molecule has 0 spiro atoms. The number of thiocarbonyl (C=S) groups is 1. The molecule has 0 unspecified atom stereocenters. The molecular formula is C22H23ClN4OS. The first kappa shape index (κ1) is 21.0. The molecule has 2 N–H and O–H groups in total. The van der Waals surface area contributed by atoms with Crippen LogP contribution < -0.4 is 10.6 Å². The fourth-order valence-electron chi connectivity index (χ4n) is 3.10. The summed E-state index contributed by atoms with van der Waals surface area (Å²) in [7, 11) is 1.96. The molecule has 0 aliphatic carbocycles. The largest absolute Gasteiger partial charge is 0.332 e. The van der Waals surface area contributed by atoms with Crippen LogP contribution in [0.1, 0.15) is 28.1 Å². The zero-order valence-electron chi connectivity index (χ0n) is 16.6. The van der Waals surface area contributed by atoms with Crippen LogP contribution in [0.4, 0.5) is 5.69 Å². The van der Waals surface area contributed by atoms with Crippen molar-refractivity contribution in [2.45, 2.75) is 26.7 Å². The van der Waals surface area contributed by atoms with Crippen molar-refractivity contribution >= 4 is 40.5 Å². The van der Waals surface area contributed by atoms with E-state index in [1.54, 1.807) is 12.1 Å². The summed E-state index contributed by atoms with van der Waals surface area (Å²) in [6.07, 6.45) is 1.07. The van der Waals surface area contributed by atoms with Gasteiger partial charge in [0.1, 0.15) is 0 Å². The first-order valence-electron chi connectivity index (χ1n) is 9.25. The molecule has 1 aromatic heterocycles. The Bertz CT molecular complexity index is 1030. The number of nitrogens with one attached hydrogen (secondary N) is 2. The fraction of sp³-hybridized carbons (Fsp3) is 0.227. The summed E-state index contributed by atoms with van der Waals surface area (Å²) < 4.78 is 1.91. The first-order chi connectivity index (χ1) is 13.8. The van der Waals surface area contributed by atoms with Crippen molar-refractivity contribution in [2.24, 2.45) is 7.05 Å². The Labute approximate surface area is 181 Å². The van der Waals surface area contributed by atoms with Crippen molar-refractivity contribution < 1.29 is 4.79 Å². The lowest BCUT2D eigenvalue weighted by Gasteiger charge is -2.10. The summed E-state index contributed by atoms with van der Waals surface area (Å²) >= 11 is 11.1. The lowest BCUT2D eigenvalue weighted by molar-refractivity contribution is -0.119. The van der Waals surface area contributed by atoms with Gasteiger partial charge >= 0.3 is 0 Å². The molecule has 0 fully saturated rings. The van der Waals surface area contributed by atoms with Crippen LogP contribution in [0.2, 0.25) is 5.02 Å². The van der Waals surface area contributed by atoms with E-state index in [1.807, 2.05) is 55.1 Å². The highest BCUT2D eigenvalue weighted by molar-refractivity contribution is 7.80. The maximum absolute atomic E-state index is 12.1. The summed E-state index contributed by atoms with van der Waals surface area (Å²) in [5.74, 6) is -0.177. The Morgan fingerprint density at radius 2 is 1.69 bits per heavy atom. The van der Waals surface area contributed by atoms with Gasteiger partial charge in [-0.2, -0.15) is 5.10 Å². The van der Waals surface area contributed by atoms with E-state index in [9.17, 15) is 4.79 Å². The maximum atomic E-state index is 12.1. The lowest BCUT2D eigenvalue weighted by atomic mass is 10.0. The SMILES string of the molecule is Cc1nn(C)c(C)c1Cc1ccc(NC(=S)NC(=O)Cc2ccc(Cl)cc2)cc1. The smallest absolute Gasteiger partial charge is 0.230 e. The molecule has 3 rings (SSSR count). The summed E-state index contributed by atoms with van der Waals surface area (Å²) in [6, 6.07) is 15.2. The van der Waals surface area contributed by atoms with Gasteiger partial charge in [0, 0.05) is 35.4 Å². The van der Waals surface area contributed by atoms with Gasteiger partial charge in [-0.05, 0) is 61.5 Å². The van der Waals surface area contributed by atoms with Gasteiger partial charge < -0.3 is 10.6 Å². The molecule has 0 saturated heterocycles. The van der Waals surface area contributed by atoms with E-state index >= 15 is 0 Å². The molecule has 150 valence electrons. The average Bonchev–Trinajstić information content (AvgIpc) is 2.91. The second-order valence-electron chi connectivity index (χ2n) is 6.95. The minimum absolute atomic E-state index is 0.177. The van der Waals surface area contributed by atoms with Crippen LogP contribution in [0.3, 0.4) is 0 Å². The summed E-state index contributed by atoms with van der Waals surface area (Å²) in [5, 5.41) is 11.1. The monoisotopic (exact) mass is 426 g/mol. The number of rotatable bonds is 5. The summed E-state index contributed by atoms with van der Waals surface area (Å²) in [4.78, 5) is 12.1. The van der Waals surface area contributed by atoms with E-state index < -0.39 is 0 Å². The summed E-state index contributed by atoms with van der Waals surface area (Å²) in [5.41, 5.74) is 6.36. The van der Waals surface area contributed by atoms with Crippen molar-refractivity contribution in [3.63, 3.8) is 0 Å². The Hall–Kier alpha value is -2.70. The van der Waals surface area contributed by atoms with E-state index in [4.69, 9.17) is 23.8 Å². The van der Waals surface area contributed by atoms with Crippen LogP contribution in [0, 0.1) is 13.8 Å². The van der Waals surface area contributed by atoms with Gasteiger partial charge in [0.25, 0.3) is 0 Å². The number of aryl methyl sites for hydroxylation is 2. The molecule has 1 amide bonds. The molecule has 0 bridgehead atoms. The minimum atomic E-state index is -0.177. The van der Waals surface area contributed by atoms with Crippen LogP contribution in [0.25, 0.3) is 0 Å². The third-order valence-corrected chi connectivity index (χ3v) is 5.24. The maximum Gasteiger partial charge on any atom is 0.230 e. The Balaban J connectivity index is 1.54. The number of anilines is 1. The molecule has 0 saturated carbocycles. The predicted octanol–water partition coefficient (Wildman–Crippen LogP) is 4.34. The molecule has 2 aromatic carbocycles. The van der Waals surface area contributed by atoms with Crippen LogP contribution in [0.15, 0.2) is 48.5 Å². The number of hydrogen-bond donors (Lipinski definition) is 2. The number of halogens is 1. The average molecular weight is 427 g/mol. The van der Waals surface area contributed by atoms with E-state index in [2.05, 4.69) is 22.7 Å². The zero-order valence-corrected chi connectivity index (χ0v) is 18.2. The third kappa shape index (κ3) is 5.65. The van der Waals surface area contributed by atoms with Crippen molar-refractivity contribution in [2.75, 3.05) is 5.32 Å². The Kier molecular flexibility index (Phi) is 6.67. The van der Waals surface area contributed by atoms with Gasteiger partial charge in [-0.1, -0.05) is 35.9 Å². The highest BCUT2D eigenvalue weighted by Gasteiger charge is 2.10. The molecule has 29 heavy (non-hydrogen) atoms. The topological polar surface area (TPSA) is 59.0 Å². The van der Waals surface area contributed by atoms with Gasteiger partial charge in [-0.3, -0.25) is 9.48 Å². The van der Waals surface area contributed by atoms with E-state index in [0.29, 0.717) is 5.02 Å². The van der Waals surface area contributed by atoms with Gasteiger partial charge in [0.15, 0.2) is 5.11 Å². The fourth-order valence-corrected chi connectivity index (χ4v) is 3.46. The van der Waals surface area contributed by atoms with Gasteiger partial charge in [-0.25, -0.2) is 0 Å². The van der Waals surface area contributed by atoms with Crippen molar-refractivity contribution in [1.82, 2.24) is 15.1 Å². The van der Waals surface area contributed by atoms with Gasteiger partial charge in [0.2, 0.25) is 5.91 Å². The van der Waals surface area contributed by atoms with Crippen LogP contribution in [0.5, 0.6) is 0 Å². The normalized spacial score (nSPS) is 10.6. The second kappa shape index (κ2) is 9.20. The van der Waals surface area contributed by atoms with E-state index in [0.717, 1.165) is 23.4 Å². The van der Waals surface area contributed by atoms with E-state index in [1.165, 1.54) is 16.8 Å². The van der Waals surface area contributed by atoms with E-state index in [-0.39, 0.29) is 17.4 Å². The number of amides is 1. The Morgan fingerprint density at radius 3 is 2.28 bits per heavy atom. The Morgan fingerprint density at radius 1 is 1.07 bits per heavy atom. The molecule has 1 heterocycles. The van der Waals surface area contributed by atoms with Crippen molar-refractivity contribution in [3.05, 3.63) is 81.6 Å². The number of nitrogens with zero attached hydrogens (tertiary/aromatic N) is 2. The molecule has 0 radical (unpaired) electrons. The molecule has 7 heteroatoms. The minimum Gasteiger partial charge on any atom is -0.332 e. The van der Waals surface area contributed by atoms with Gasteiger partial charge in [-0.15, -0.1) is 0 Å². The molecule has 0 aliphatic rings. The van der Waals surface area contributed by atoms with Crippen LogP contribution in [-0.4, -0.2) is 20.8 Å². The van der Waals surface area contributed by atoms with Crippen molar-refractivity contribution in [3.8, 4) is 0 Å². The quantitative estimate of drug-likeness (QED) is 0.596. The highest BCUT2D eigenvalue weighted by atomic mass is 35.5. The number of aromatic nitrogens is 2. The van der Waals surface area contributed by atoms with Gasteiger partial charge in [0.05, 0.1) is 12.1 Å². The number of carbonyl (C=O) groups is 1. The number of hydrogen-bond acceptors (Lipinski definition) is 3. The zero-order chi connectivity index (χ0) is 21.0. The highest BCUT2D eigenvalue weighted by Crippen LogP contribution is 2.18.